The van der Waals surface area contributed by atoms with E-state index in [4.69, 9.17) is 27.2 Å². The van der Waals surface area contributed by atoms with Crippen LogP contribution >= 0.6 is 0 Å². The predicted octanol–water partition coefficient (Wildman–Crippen LogP) is 4.31. The molecule has 3 heterocycles. The van der Waals surface area contributed by atoms with Crippen molar-refractivity contribution in [1.82, 2.24) is 9.55 Å². The van der Waals surface area contributed by atoms with Crippen LogP contribution in [0.25, 0.3) is 0 Å². The van der Waals surface area contributed by atoms with Gasteiger partial charge in [-0.05, 0) is 22.2 Å². The number of halogens is 3. The predicted molar refractivity (Wildman–Crippen MR) is 141 cm³/mol. The van der Waals surface area contributed by atoms with Crippen molar-refractivity contribution in [1.29, 1.82) is 0 Å². The summed E-state index contributed by atoms with van der Waals surface area (Å²) in [7, 11) is -6.01. The van der Waals surface area contributed by atoms with E-state index < -0.39 is 72.5 Å². The van der Waals surface area contributed by atoms with E-state index in [9.17, 15) is 22.8 Å². The van der Waals surface area contributed by atoms with E-state index in [2.05, 4.69) is 32.7 Å². The molecule has 39 heavy (non-hydrogen) atoms. The maximum Gasteiger partial charge on any atom is 0.411 e. The molecule has 0 saturated carbocycles. The second-order valence-corrected chi connectivity index (χ2v) is 20.2. The van der Waals surface area contributed by atoms with Crippen LogP contribution in [0.15, 0.2) is 21.9 Å². The highest BCUT2D eigenvalue weighted by molar-refractivity contribution is 6.83. The highest BCUT2D eigenvalue weighted by Gasteiger charge is 2.62. The molecule has 1 aromatic heterocycles. The first kappa shape index (κ1) is 32.2. The Bertz CT molecular complexity index is 1060. The van der Waals surface area contributed by atoms with Crippen molar-refractivity contribution < 1.29 is 40.3 Å². The molecule has 2 fully saturated rings. The molecular weight excluding hydrogens is 557 g/mol. The molecule has 0 spiro atoms. The monoisotopic (exact) mass is 598 g/mol. The van der Waals surface area contributed by atoms with Gasteiger partial charge in [0.05, 0.1) is 6.61 Å². The zero-order chi connectivity index (χ0) is 29.3. The number of H-pyrrole nitrogens is 1. The Morgan fingerprint density at radius 2 is 1.62 bits per heavy atom. The highest BCUT2D eigenvalue weighted by Crippen LogP contribution is 2.48. The Kier molecular flexibility index (Phi) is 10.1. The number of aromatic nitrogens is 2. The summed E-state index contributed by atoms with van der Waals surface area (Å²) in [6.45, 7) is 14.3. The number of rotatable bonds is 9. The number of aromatic amines is 1. The summed E-state index contributed by atoms with van der Waals surface area (Å²) in [5.41, 5.74) is -1.24. The van der Waals surface area contributed by atoms with Gasteiger partial charge in [0.15, 0.2) is 6.23 Å². The van der Waals surface area contributed by atoms with Gasteiger partial charge in [0.2, 0.25) is 0 Å². The lowest BCUT2D eigenvalue weighted by molar-refractivity contribution is -0.212. The molecule has 3 rings (SSSR count). The van der Waals surface area contributed by atoms with Crippen LogP contribution < -0.4 is 11.2 Å². The Hall–Kier alpha value is -1.34. The average Bonchev–Trinajstić information content (AvgIpc) is 3.11. The van der Waals surface area contributed by atoms with Gasteiger partial charge < -0.3 is 27.2 Å². The third-order valence-corrected chi connectivity index (χ3v) is 17.6. The van der Waals surface area contributed by atoms with Gasteiger partial charge in [-0.3, -0.25) is 14.3 Å². The van der Waals surface area contributed by atoms with Gasteiger partial charge >= 0.3 is 29.0 Å². The zero-order valence-corrected chi connectivity index (χ0v) is 25.7. The third kappa shape index (κ3) is 6.77. The van der Waals surface area contributed by atoms with E-state index in [1.165, 1.54) is 6.20 Å². The van der Waals surface area contributed by atoms with Crippen molar-refractivity contribution in [3.8, 4) is 0 Å². The van der Waals surface area contributed by atoms with Crippen molar-refractivity contribution in [2.75, 3.05) is 20.0 Å². The molecule has 2 saturated heterocycles. The number of hydrogen-bond acceptors (Lipinski definition) is 8. The SMILES string of the molecule is CC(C)[Si]1(C(C)C)OC[C@H]2O[C@@H](n3ccc(=O)[nH]c3=O)[C@H](OCOCC(F)(F)F)[C@@H]2O[Si](C(C)C)(C(C)C)O1. The van der Waals surface area contributed by atoms with Gasteiger partial charge in [-0.25, -0.2) is 4.79 Å². The first-order valence-corrected chi connectivity index (χ1v) is 17.2. The second-order valence-electron chi connectivity index (χ2n) is 11.4. The molecule has 4 atom stereocenters. The molecule has 2 aliphatic heterocycles. The molecule has 0 aromatic carbocycles. The first-order valence-electron chi connectivity index (χ1n) is 13.3. The maximum atomic E-state index is 12.7. The summed E-state index contributed by atoms with van der Waals surface area (Å²) in [6, 6.07) is 1.15. The Morgan fingerprint density at radius 3 is 2.13 bits per heavy atom. The molecule has 1 N–H and O–H groups in total. The summed E-state index contributed by atoms with van der Waals surface area (Å²) >= 11 is 0. The summed E-state index contributed by atoms with van der Waals surface area (Å²) < 4.78 is 76.9. The molecule has 0 amide bonds. The molecular formula is C24H41F3N2O8Si2. The van der Waals surface area contributed by atoms with Gasteiger partial charge in [-0.2, -0.15) is 13.2 Å². The number of nitrogens with one attached hydrogen (secondary N) is 1. The average molecular weight is 599 g/mol. The summed E-state index contributed by atoms with van der Waals surface area (Å²) in [6.07, 6.45) is -7.03. The van der Waals surface area contributed by atoms with Crippen LogP contribution in [0.5, 0.6) is 0 Å². The lowest BCUT2D eigenvalue weighted by Gasteiger charge is -2.51. The number of nitrogens with zero attached hydrogens (tertiary/aromatic N) is 1. The summed E-state index contributed by atoms with van der Waals surface area (Å²) in [4.78, 5) is 26.6. The van der Waals surface area contributed by atoms with Crippen LogP contribution in [0, 0.1) is 0 Å². The van der Waals surface area contributed by atoms with Crippen LogP contribution in [-0.2, 0) is 27.2 Å². The maximum absolute atomic E-state index is 12.7. The van der Waals surface area contributed by atoms with Gasteiger partial charge in [-0.1, -0.05) is 55.4 Å². The van der Waals surface area contributed by atoms with Gasteiger partial charge in [0.25, 0.3) is 5.56 Å². The van der Waals surface area contributed by atoms with E-state index in [1.807, 2.05) is 27.7 Å². The fourth-order valence-electron chi connectivity index (χ4n) is 5.44. The first-order chi connectivity index (χ1) is 18.0. The van der Waals surface area contributed by atoms with Crippen LogP contribution in [-0.4, -0.2) is 71.2 Å². The summed E-state index contributed by atoms with van der Waals surface area (Å²) in [5.74, 6) is 0. The van der Waals surface area contributed by atoms with E-state index in [0.717, 1.165) is 10.6 Å². The molecule has 10 nitrogen and oxygen atoms in total. The topological polar surface area (TPSA) is 110 Å². The third-order valence-electron chi connectivity index (χ3n) is 7.35. The van der Waals surface area contributed by atoms with E-state index >= 15 is 0 Å². The largest absolute Gasteiger partial charge is 0.414 e. The molecule has 15 heteroatoms. The molecule has 0 unspecified atom stereocenters. The number of hydrogen-bond donors (Lipinski definition) is 1. The van der Waals surface area contributed by atoms with E-state index in [1.54, 1.807) is 0 Å². The van der Waals surface area contributed by atoms with Crippen LogP contribution in [0.1, 0.15) is 61.6 Å². The minimum atomic E-state index is -4.54. The minimum absolute atomic E-state index is 0.0267. The van der Waals surface area contributed by atoms with Crippen LogP contribution in [0.2, 0.25) is 22.2 Å². The molecule has 0 bridgehead atoms. The van der Waals surface area contributed by atoms with E-state index in [-0.39, 0.29) is 28.8 Å². The molecule has 224 valence electrons. The number of ether oxygens (including phenoxy) is 3. The van der Waals surface area contributed by atoms with Gasteiger partial charge in [0, 0.05) is 12.3 Å². The van der Waals surface area contributed by atoms with Crippen molar-refractivity contribution in [3.63, 3.8) is 0 Å². The van der Waals surface area contributed by atoms with Gasteiger partial charge in [0.1, 0.15) is 31.7 Å². The zero-order valence-electron chi connectivity index (χ0n) is 23.7. The van der Waals surface area contributed by atoms with Gasteiger partial charge in [-0.15, -0.1) is 0 Å². The highest BCUT2D eigenvalue weighted by atomic mass is 28.5. The standard InChI is InChI=1S/C24H41F3N2O8Si2/c1-14(2)38(15(3)4)34-11-18-20(36-39(37-38,16(5)6)17(7)8)21(33-13-32-12-24(25,26)27)22(35-18)29-10-9-19(30)28-23(29)31/h9-10,14-18,20-22H,11-13H2,1-8H3,(H,28,30,31)/t18-,20-,21-,22-/m1/s1. The number of fused-ring (bicyclic) bond motifs is 1. The van der Waals surface area contributed by atoms with Crippen molar-refractivity contribution in [3.05, 3.63) is 33.1 Å². The quantitative estimate of drug-likeness (QED) is 0.254. The molecule has 0 aliphatic carbocycles. The lowest BCUT2D eigenvalue weighted by Crippen LogP contribution is -2.66. The summed E-state index contributed by atoms with van der Waals surface area (Å²) in [5, 5.41) is 0. The molecule has 0 radical (unpaired) electrons. The van der Waals surface area contributed by atoms with Crippen molar-refractivity contribution in [2.45, 2.75) is 108 Å². The molecule has 2 aliphatic rings. The normalized spacial score (nSPS) is 27.3. The van der Waals surface area contributed by atoms with Crippen molar-refractivity contribution in [2.24, 2.45) is 0 Å². The molecule has 1 aromatic rings. The minimum Gasteiger partial charge on any atom is -0.414 e. The Balaban J connectivity index is 2.08. The lowest BCUT2D eigenvalue weighted by atomic mass is 10.1. The second kappa shape index (κ2) is 12.3. The fourth-order valence-corrected chi connectivity index (χ4v) is 16.6. The van der Waals surface area contributed by atoms with E-state index in [0.29, 0.717) is 0 Å². The van der Waals surface area contributed by atoms with Crippen LogP contribution in [0.4, 0.5) is 13.2 Å². The van der Waals surface area contributed by atoms with Crippen molar-refractivity contribution >= 4 is 17.1 Å². The Morgan fingerprint density at radius 1 is 1.03 bits per heavy atom. The van der Waals surface area contributed by atoms with Crippen LogP contribution in [0.3, 0.4) is 0 Å². The Labute approximate surface area is 228 Å². The number of alkyl halides is 3. The smallest absolute Gasteiger partial charge is 0.411 e. The fraction of sp³-hybridized carbons (Fsp3) is 0.833.